The zero-order valence-corrected chi connectivity index (χ0v) is 26.3. The summed E-state index contributed by atoms with van der Waals surface area (Å²) in [6, 6.07) is 35.6. The molecular formula is C34H36Br2N2O2. The molecule has 4 aromatic rings. The van der Waals surface area contributed by atoms with Crippen LogP contribution in [-0.2, 0) is 13.0 Å². The predicted molar refractivity (Wildman–Crippen MR) is 163 cm³/mol. The second-order valence-corrected chi connectivity index (χ2v) is 10.8. The molecule has 4 aromatic carbocycles. The van der Waals surface area contributed by atoms with Gasteiger partial charge in [-0.05, 0) is 12.6 Å². The normalized spacial score (nSPS) is 18.7. The van der Waals surface area contributed by atoms with E-state index < -0.39 is 0 Å². The molecule has 0 aromatic heterocycles. The summed E-state index contributed by atoms with van der Waals surface area (Å²) in [5.41, 5.74) is 5.38. The van der Waals surface area contributed by atoms with E-state index in [1.165, 1.54) is 11.1 Å². The van der Waals surface area contributed by atoms with Crippen LogP contribution < -0.4 is 17.0 Å². The smallest absolute Gasteiger partial charge is 0.193 e. The summed E-state index contributed by atoms with van der Waals surface area (Å²) < 4.78 is 0.945. The van der Waals surface area contributed by atoms with Crippen molar-refractivity contribution in [3.63, 3.8) is 0 Å². The van der Waals surface area contributed by atoms with Crippen molar-refractivity contribution < 1.29 is 31.1 Å². The molecule has 1 aliphatic heterocycles. The SMILES string of the molecule is Br.CN1CC[N+](C)(Cc2ccc(C(=O)c3ccccc3)cc2)C(Cc2ccc(C(=O)c3ccccc3)cc2)C1.[Br-]. The Morgan fingerprint density at radius 1 is 0.700 bits per heavy atom. The van der Waals surface area contributed by atoms with Crippen LogP contribution >= 0.6 is 17.0 Å². The molecule has 0 N–H and O–H groups in total. The van der Waals surface area contributed by atoms with Crippen LogP contribution in [0.5, 0.6) is 0 Å². The third-order valence-corrected chi connectivity index (χ3v) is 7.92. The molecule has 2 atom stereocenters. The highest BCUT2D eigenvalue weighted by Crippen LogP contribution is 2.25. The lowest BCUT2D eigenvalue weighted by Crippen LogP contribution is -3.00. The van der Waals surface area contributed by atoms with Gasteiger partial charge in [0, 0.05) is 40.8 Å². The molecule has 0 saturated carbocycles. The summed E-state index contributed by atoms with van der Waals surface area (Å²) in [5.74, 6) is 0.119. The molecule has 0 amide bonds. The molecule has 0 aliphatic carbocycles. The summed E-state index contributed by atoms with van der Waals surface area (Å²) >= 11 is 0. The quantitative estimate of drug-likeness (QED) is 0.215. The van der Waals surface area contributed by atoms with E-state index in [-0.39, 0.29) is 45.5 Å². The van der Waals surface area contributed by atoms with Crippen molar-refractivity contribution >= 4 is 28.5 Å². The van der Waals surface area contributed by atoms with Crippen LogP contribution in [0.4, 0.5) is 0 Å². The summed E-state index contributed by atoms with van der Waals surface area (Å²) in [6.07, 6.45) is 0.950. The van der Waals surface area contributed by atoms with Crippen molar-refractivity contribution in [2.45, 2.75) is 19.0 Å². The molecule has 4 nitrogen and oxygen atoms in total. The van der Waals surface area contributed by atoms with E-state index in [0.717, 1.165) is 59.3 Å². The van der Waals surface area contributed by atoms with E-state index in [9.17, 15) is 9.59 Å². The Hall–Kier alpha value is -2.90. The van der Waals surface area contributed by atoms with Gasteiger partial charge < -0.3 is 21.5 Å². The number of ketones is 2. The lowest BCUT2D eigenvalue weighted by Gasteiger charge is -2.47. The first-order valence-corrected chi connectivity index (χ1v) is 13.3. The molecular weight excluding hydrogens is 628 g/mol. The van der Waals surface area contributed by atoms with E-state index in [4.69, 9.17) is 0 Å². The molecule has 0 spiro atoms. The lowest BCUT2D eigenvalue weighted by molar-refractivity contribution is -0.950. The Kier molecular flexibility index (Phi) is 11.2. The maximum absolute atomic E-state index is 12.8. The summed E-state index contributed by atoms with van der Waals surface area (Å²) in [7, 11) is 4.55. The standard InChI is InChI=1S/C34H35N2O2.2BrH/c1-35-21-22-36(2,25-27-15-19-31(20-16-27)34(38)29-11-7-4-8-12-29)32(24-35)23-26-13-17-30(18-14-26)33(37)28-9-5-3-6-10-28;;/h3-20,32H,21-25H2,1-2H3;2*1H/q+1;;/p-1. The maximum atomic E-state index is 12.8. The number of nitrogens with zero attached hydrogens (tertiary/aromatic N) is 2. The number of piperazine rings is 1. The number of quaternary nitrogens is 1. The number of halogens is 2. The second-order valence-electron chi connectivity index (χ2n) is 10.8. The topological polar surface area (TPSA) is 37.4 Å². The van der Waals surface area contributed by atoms with Gasteiger partial charge in [-0.1, -0.05) is 109 Å². The first-order valence-electron chi connectivity index (χ1n) is 13.3. The largest absolute Gasteiger partial charge is 1.00 e. The number of hydrogen-bond donors (Lipinski definition) is 0. The fraction of sp³-hybridized carbons (Fsp3) is 0.235. The van der Waals surface area contributed by atoms with Gasteiger partial charge >= 0.3 is 0 Å². The molecule has 0 radical (unpaired) electrons. The number of benzene rings is 4. The minimum atomic E-state index is 0. The first-order chi connectivity index (χ1) is 18.4. The summed E-state index contributed by atoms with van der Waals surface area (Å²) in [4.78, 5) is 28.0. The lowest BCUT2D eigenvalue weighted by atomic mass is 9.96. The van der Waals surface area contributed by atoms with E-state index >= 15 is 0 Å². The fourth-order valence-electron chi connectivity index (χ4n) is 5.48. The van der Waals surface area contributed by atoms with Gasteiger partial charge in [-0.3, -0.25) is 14.5 Å². The Balaban J connectivity index is 0.00000220. The predicted octanol–water partition coefficient (Wildman–Crippen LogP) is 3.23. The average molecular weight is 664 g/mol. The molecule has 2 unspecified atom stereocenters. The van der Waals surface area contributed by atoms with E-state index in [2.05, 4.69) is 43.3 Å². The molecule has 5 rings (SSSR count). The fourth-order valence-corrected chi connectivity index (χ4v) is 5.48. The van der Waals surface area contributed by atoms with Crippen molar-refractivity contribution in [3.05, 3.63) is 143 Å². The van der Waals surface area contributed by atoms with E-state index in [1.54, 1.807) is 0 Å². The minimum absolute atomic E-state index is 0. The van der Waals surface area contributed by atoms with E-state index in [1.807, 2.05) is 84.9 Å². The van der Waals surface area contributed by atoms with Gasteiger partial charge in [0.05, 0.1) is 20.1 Å². The van der Waals surface area contributed by atoms with Crippen molar-refractivity contribution in [1.82, 2.24) is 4.90 Å². The van der Waals surface area contributed by atoms with Crippen LogP contribution in [-0.4, -0.2) is 60.7 Å². The number of likely N-dealkylation sites (N-methyl/N-ethyl adjacent to an activating group) is 2. The Bertz CT molecular complexity index is 1390. The highest BCUT2D eigenvalue weighted by molar-refractivity contribution is 8.93. The van der Waals surface area contributed by atoms with Crippen LogP contribution in [0, 0.1) is 0 Å². The van der Waals surface area contributed by atoms with Gasteiger partial charge in [0.25, 0.3) is 0 Å². The monoisotopic (exact) mass is 662 g/mol. The van der Waals surface area contributed by atoms with Gasteiger partial charge in [-0.2, -0.15) is 0 Å². The third kappa shape index (κ3) is 7.43. The van der Waals surface area contributed by atoms with Gasteiger partial charge in [0.2, 0.25) is 0 Å². The van der Waals surface area contributed by atoms with Gasteiger partial charge in [0.1, 0.15) is 12.6 Å². The van der Waals surface area contributed by atoms with Gasteiger partial charge in [0.15, 0.2) is 11.6 Å². The summed E-state index contributed by atoms with van der Waals surface area (Å²) in [5, 5.41) is 0. The molecule has 208 valence electrons. The highest BCUT2D eigenvalue weighted by Gasteiger charge is 2.37. The summed E-state index contributed by atoms with van der Waals surface area (Å²) in [6.45, 7) is 4.06. The second kappa shape index (κ2) is 14.1. The number of hydrogen-bond acceptors (Lipinski definition) is 3. The van der Waals surface area contributed by atoms with Crippen LogP contribution in [0.2, 0.25) is 0 Å². The molecule has 0 bridgehead atoms. The average Bonchev–Trinajstić information content (AvgIpc) is 2.96. The van der Waals surface area contributed by atoms with Crippen molar-refractivity contribution in [2.24, 2.45) is 0 Å². The number of carbonyl (C=O) groups is 2. The maximum Gasteiger partial charge on any atom is 0.193 e. The van der Waals surface area contributed by atoms with Gasteiger partial charge in [-0.25, -0.2) is 0 Å². The van der Waals surface area contributed by atoms with Crippen LogP contribution in [0.3, 0.4) is 0 Å². The molecule has 1 fully saturated rings. The Morgan fingerprint density at radius 2 is 1.12 bits per heavy atom. The zero-order valence-electron chi connectivity index (χ0n) is 23.0. The molecule has 1 aliphatic rings. The van der Waals surface area contributed by atoms with Crippen LogP contribution in [0.1, 0.15) is 43.0 Å². The van der Waals surface area contributed by atoms with Gasteiger partial charge in [-0.15, -0.1) is 17.0 Å². The highest BCUT2D eigenvalue weighted by atomic mass is 79.9. The van der Waals surface area contributed by atoms with Crippen LogP contribution in [0.15, 0.2) is 109 Å². The number of rotatable bonds is 8. The van der Waals surface area contributed by atoms with Crippen LogP contribution in [0.25, 0.3) is 0 Å². The van der Waals surface area contributed by atoms with E-state index in [0.29, 0.717) is 6.04 Å². The Labute approximate surface area is 258 Å². The molecule has 40 heavy (non-hydrogen) atoms. The van der Waals surface area contributed by atoms with Crippen molar-refractivity contribution in [3.8, 4) is 0 Å². The third-order valence-electron chi connectivity index (χ3n) is 7.92. The Morgan fingerprint density at radius 3 is 1.60 bits per heavy atom. The number of carbonyl (C=O) groups excluding carboxylic acids is 2. The molecule has 1 saturated heterocycles. The van der Waals surface area contributed by atoms with Crippen molar-refractivity contribution in [2.75, 3.05) is 33.7 Å². The molecule has 1 heterocycles. The zero-order chi connectivity index (χ0) is 26.5. The van der Waals surface area contributed by atoms with Crippen molar-refractivity contribution in [1.29, 1.82) is 0 Å². The first kappa shape index (κ1) is 31.6. The molecule has 6 heteroatoms. The minimum Gasteiger partial charge on any atom is -1.00 e.